The molecular weight excluding hydrogens is 510 g/mol. The lowest BCUT2D eigenvalue weighted by Gasteiger charge is -2.20. The highest BCUT2D eigenvalue weighted by Gasteiger charge is 2.25. The van der Waals surface area contributed by atoms with Crippen LogP contribution in [0.15, 0.2) is 91.1 Å². The standard InChI is InChI=1S/C34H35N5O2/c1-5-25-11-14-29-21-30(26-9-7-6-8-10-26)32(39(29)22-25)33(40)34(41)37-27-12-15-28(16-13-27)38(4)18-17-35-31-20-23(2)19-24(3)36-31/h6-16,19-22H,5,17-18H2,1-4H3,(H,35,36)(H,37,41). The molecule has 2 N–H and O–H groups in total. The van der Waals surface area contributed by atoms with E-state index in [0.29, 0.717) is 11.4 Å². The fourth-order valence-electron chi connectivity index (χ4n) is 5.00. The number of amides is 1. The first-order chi connectivity index (χ1) is 19.8. The molecule has 2 aromatic carbocycles. The first kappa shape index (κ1) is 27.6. The van der Waals surface area contributed by atoms with Gasteiger partial charge in [-0.2, -0.15) is 0 Å². The number of benzene rings is 2. The lowest BCUT2D eigenvalue weighted by Crippen LogP contribution is -2.26. The summed E-state index contributed by atoms with van der Waals surface area (Å²) in [6, 6.07) is 27.3. The van der Waals surface area contributed by atoms with Gasteiger partial charge in [0.25, 0.3) is 11.7 Å². The number of nitrogens with zero attached hydrogens (tertiary/aromatic N) is 3. The van der Waals surface area contributed by atoms with Crippen molar-refractivity contribution >= 4 is 34.4 Å². The number of carbonyl (C=O) groups is 2. The molecule has 7 nitrogen and oxygen atoms in total. The number of hydrogen-bond donors (Lipinski definition) is 2. The van der Waals surface area contributed by atoms with Gasteiger partial charge < -0.3 is 19.9 Å². The summed E-state index contributed by atoms with van der Waals surface area (Å²) in [5.41, 5.74) is 7.67. The quantitative estimate of drug-likeness (QED) is 0.154. The third-order valence-electron chi connectivity index (χ3n) is 7.16. The van der Waals surface area contributed by atoms with Gasteiger partial charge in [0.2, 0.25) is 0 Å². The minimum Gasteiger partial charge on any atom is -0.373 e. The fourth-order valence-corrected chi connectivity index (χ4v) is 5.00. The molecule has 0 aliphatic heterocycles. The van der Waals surface area contributed by atoms with Gasteiger partial charge in [-0.15, -0.1) is 0 Å². The number of hydrogen-bond acceptors (Lipinski definition) is 5. The Kier molecular flexibility index (Phi) is 8.15. The van der Waals surface area contributed by atoms with E-state index in [1.165, 1.54) is 5.56 Å². The van der Waals surface area contributed by atoms with Gasteiger partial charge in [-0.25, -0.2) is 4.98 Å². The number of rotatable bonds is 10. The first-order valence-electron chi connectivity index (χ1n) is 13.9. The maximum Gasteiger partial charge on any atom is 0.298 e. The fraction of sp³-hybridized carbons (Fsp3) is 0.206. The predicted octanol–water partition coefficient (Wildman–Crippen LogP) is 6.55. The topological polar surface area (TPSA) is 78.7 Å². The molecule has 0 atom stereocenters. The average molecular weight is 546 g/mol. The summed E-state index contributed by atoms with van der Waals surface area (Å²) in [6.07, 6.45) is 2.77. The molecule has 0 aliphatic carbocycles. The third kappa shape index (κ3) is 6.30. The van der Waals surface area contributed by atoms with E-state index in [9.17, 15) is 9.59 Å². The number of carbonyl (C=O) groups excluding carboxylic acids is 2. The van der Waals surface area contributed by atoms with Crippen LogP contribution in [0, 0.1) is 13.8 Å². The van der Waals surface area contributed by atoms with Crippen molar-refractivity contribution in [2.24, 2.45) is 0 Å². The summed E-state index contributed by atoms with van der Waals surface area (Å²) in [7, 11) is 2.02. The molecule has 0 spiro atoms. The molecule has 0 bridgehead atoms. The number of nitrogens with one attached hydrogen (secondary N) is 2. The molecule has 0 radical (unpaired) electrons. The number of anilines is 3. The van der Waals surface area contributed by atoms with Gasteiger partial charge in [0, 0.05) is 54.5 Å². The van der Waals surface area contributed by atoms with Crippen LogP contribution in [0.4, 0.5) is 17.2 Å². The monoisotopic (exact) mass is 545 g/mol. The molecule has 3 aromatic heterocycles. The molecule has 1 amide bonds. The molecule has 0 unspecified atom stereocenters. The smallest absolute Gasteiger partial charge is 0.298 e. The van der Waals surface area contributed by atoms with Gasteiger partial charge in [0.05, 0.1) is 0 Å². The highest BCUT2D eigenvalue weighted by atomic mass is 16.2. The Hall–Kier alpha value is -4.91. The van der Waals surface area contributed by atoms with Gasteiger partial charge in [-0.1, -0.05) is 43.3 Å². The van der Waals surface area contributed by atoms with Crippen molar-refractivity contribution in [2.75, 3.05) is 35.7 Å². The van der Waals surface area contributed by atoms with Crippen LogP contribution in [-0.2, 0) is 11.2 Å². The zero-order valence-corrected chi connectivity index (χ0v) is 23.9. The number of aromatic nitrogens is 2. The van der Waals surface area contributed by atoms with Crippen molar-refractivity contribution in [3.8, 4) is 11.1 Å². The van der Waals surface area contributed by atoms with Crippen LogP contribution in [0.5, 0.6) is 0 Å². The molecule has 208 valence electrons. The molecule has 0 aliphatic rings. The Balaban J connectivity index is 1.28. The van der Waals surface area contributed by atoms with Gasteiger partial charge in [0.1, 0.15) is 11.5 Å². The summed E-state index contributed by atoms with van der Waals surface area (Å²) in [4.78, 5) is 33.5. The Morgan fingerprint density at radius 1 is 0.927 bits per heavy atom. The number of fused-ring (bicyclic) bond motifs is 1. The van der Waals surface area contributed by atoms with Crippen LogP contribution >= 0.6 is 0 Å². The van der Waals surface area contributed by atoms with Crippen molar-refractivity contribution in [1.82, 2.24) is 9.38 Å². The van der Waals surface area contributed by atoms with Crippen LogP contribution in [0.3, 0.4) is 0 Å². The van der Waals surface area contributed by atoms with Crippen LogP contribution < -0.4 is 15.5 Å². The van der Waals surface area contributed by atoms with E-state index in [1.54, 1.807) is 0 Å². The summed E-state index contributed by atoms with van der Waals surface area (Å²) >= 11 is 0. The highest BCUT2D eigenvalue weighted by molar-refractivity contribution is 6.47. The van der Waals surface area contributed by atoms with E-state index < -0.39 is 11.7 Å². The number of pyridine rings is 2. The van der Waals surface area contributed by atoms with Crippen LogP contribution in [0.2, 0.25) is 0 Å². The molecule has 5 aromatic rings. The maximum absolute atomic E-state index is 13.6. The molecule has 5 rings (SSSR count). The highest BCUT2D eigenvalue weighted by Crippen LogP contribution is 2.29. The van der Waals surface area contributed by atoms with Gasteiger partial charge in [-0.05, 0) is 85.5 Å². The van der Waals surface area contributed by atoms with E-state index in [2.05, 4.69) is 40.4 Å². The van der Waals surface area contributed by atoms with Crippen molar-refractivity contribution in [1.29, 1.82) is 0 Å². The summed E-state index contributed by atoms with van der Waals surface area (Å²) < 4.78 is 1.84. The Morgan fingerprint density at radius 3 is 2.39 bits per heavy atom. The predicted molar refractivity (Wildman–Crippen MR) is 167 cm³/mol. The minimum atomic E-state index is -0.671. The Bertz CT molecular complexity index is 1670. The van der Waals surface area contributed by atoms with Crippen LogP contribution in [0.1, 0.15) is 34.2 Å². The largest absolute Gasteiger partial charge is 0.373 e. The van der Waals surface area contributed by atoms with Crippen molar-refractivity contribution in [3.63, 3.8) is 0 Å². The third-order valence-corrected chi connectivity index (χ3v) is 7.16. The number of Topliss-reactive ketones (excluding diaryl/α,β-unsaturated/α-hetero) is 1. The lowest BCUT2D eigenvalue weighted by molar-refractivity contribution is -0.112. The van der Waals surface area contributed by atoms with E-state index in [1.807, 2.05) is 103 Å². The van der Waals surface area contributed by atoms with Crippen LogP contribution in [0.25, 0.3) is 16.6 Å². The molecule has 41 heavy (non-hydrogen) atoms. The second kappa shape index (κ2) is 12.1. The molecule has 0 saturated carbocycles. The number of likely N-dealkylation sites (N-methyl/N-ethyl adjacent to an activating group) is 1. The van der Waals surface area contributed by atoms with Crippen molar-refractivity contribution < 1.29 is 9.59 Å². The minimum absolute atomic E-state index is 0.362. The van der Waals surface area contributed by atoms with Gasteiger partial charge >= 0.3 is 0 Å². The second-order valence-electron chi connectivity index (χ2n) is 10.3. The normalized spacial score (nSPS) is 10.9. The molecule has 3 heterocycles. The zero-order chi connectivity index (χ0) is 28.9. The van der Waals surface area contributed by atoms with E-state index in [-0.39, 0.29) is 0 Å². The SMILES string of the molecule is CCc1ccc2cc(-c3ccccc3)c(C(=O)C(=O)Nc3ccc(N(C)CCNc4cc(C)cc(C)n4)cc3)n2c1. The van der Waals surface area contributed by atoms with Crippen molar-refractivity contribution in [3.05, 3.63) is 114 Å². The Morgan fingerprint density at radius 2 is 1.68 bits per heavy atom. The van der Waals surface area contributed by atoms with Gasteiger partial charge in [0.15, 0.2) is 0 Å². The van der Waals surface area contributed by atoms with Crippen molar-refractivity contribution in [2.45, 2.75) is 27.2 Å². The summed E-state index contributed by atoms with van der Waals surface area (Å²) in [6.45, 7) is 7.61. The van der Waals surface area contributed by atoms with Gasteiger partial charge in [-0.3, -0.25) is 9.59 Å². The number of ketones is 1. The van der Waals surface area contributed by atoms with E-state index in [0.717, 1.165) is 58.9 Å². The first-order valence-corrected chi connectivity index (χ1v) is 13.9. The number of aryl methyl sites for hydroxylation is 3. The molecule has 0 fully saturated rings. The van der Waals surface area contributed by atoms with E-state index >= 15 is 0 Å². The van der Waals surface area contributed by atoms with E-state index in [4.69, 9.17) is 0 Å². The van der Waals surface area contributed by atoms with Crippen LogP contribution in [-0.4, -0.2) is 41.2 Å². The maximum atomic E-state index is 13.6. The zero-order valence-electron chi connectivity index (χ0n) is 23.9. The molecule has 7 heteroatoms. The Labute approximate surface area is 240 Å². The summed E-state index contributed by atoms with van der Waals surface area (Å²) in [5, 5.41) is 6.18. The lowest BCUT2D eigenvalue weighted by atomic mass is 10.0. The average Bonchev–Trinajstić information content (AvgIpc) is 3.35. The second-order valence-corrected chi connectivity index (χ2v) is 10.3. The summed E-state index contributed by atoms with van der Waals surface area (Å²) in [5.74, 6) is -0.379. The molecule has 0 saturated heterocycles. The molecular formula is C34H35N5O2.